The van der Waals surface area contributed by atoms with Gasteiger partial charge in [0.15, 0.2) is 0 Å². The molecule has 0 spiro atoms. The molecule has 86 valence electrons. The van der Waals surface area contributed by atoms with E-state index in [9.17, 15) is 4.79 Å². The maximum absolute atomic E-state index is 11.9. The molecular weight excluding hydrogens is 198 g/mol. The molecule has 1 rings (SSSR count). The van der Waals surface area contributed by atoms with Gasteiger partial charge in [0.1, 0.15) is 0 Å². The van der Waals surface area contributed by atoms with Crippen molar-refractivity contribution in [3.63, 3.8) is 0 Å². The van der Waals surface area contributed by atoms with Crippen molar-refractivity contribution in [2.24, 2.45) is 0 Å². The molecule has 0 aliphatic carbocycles. The van der Waals surface area contributed by atoms with Gasteiger partial charge in [-0.2, -0.15) is 0 Å². The second-order valence-electron chi connectivity index (χ2n) is 3.69. The first-order valence-electron chi connectivity index (χ1n) is 5.70. The summed E-state index contributed by atoms with van der Waals surface area (Å²) in [7, 11) is 0. The first-order valence-corrected chi connectivity index (χ1v) is 5.70. The summed E-state index contributed by atoms with van der Waals surface area (Å²) >= 11 is 0. The van der Waals surface area contributed by atoms with Gasteiger partial charge in [0.25, 0.3) is 0 Å². The van der Waals surface area contributed by atoms with Gasteiger partial charge in [-0.25, -0.2) is 0 Å². The quantitative estimate of drug-likeness (QED) is 0.742. The summed E-state index contributed by atoms with van der Waals surface area (Å²) in [6.07, 6.45) is 2.27. The average Bonchev–Trinajstić information content (AvgIpc) is 2.31. The molecule has 0 bridgehead atoms. The van der Waals surface area contributed by atoms with Crippen molar-refractivity contribution in [3.8, 4) is 0 Å². The predicted octanol–water partition coefficient (Wildman–Crippen LogP) is 2.74. The second-order valence-corrected chi connectivity index (χ2v) is 3.69. The molecule has 0 aliphatic rings. The average molecular weight is 217 g/mol. The van der Waals surface area contributed by atoms with Crippen LogP contribution in [0.15, 0.2) is 30.8 Å². The number of benzene rings is 1. The molecule has 0 aromatic heterocycles. The highest BCUT2D eigenvalue weighted by atomic mass is 16.2. The summed E-state index contributed by atoms with van der Waals surface area (Å²) in [5, 5.41) is 0. The minimum Gasteiger partial charge on any atom is -0.343 e. The van der Waals surface area contributed by atoms with Crippen LogP contribution < -0.4 is 0 Å². The van der Waals surface area contributed by atoms with E-state index in [0.717, 1.165) is 24.2 Å². The minimum absolute atomic E-state index is 0.186. The van der Waals surface area contributed by atoms with Crippen LogP contribution in [0.3, 0.4) is 0 Å². The Morgan fingerprint density at radius 1 is 1.38 bits per heavy atom. The highest BCUT2D eigenvalue weighted by Crippen LogP contribution is 2.08. The number of carbonyl (C=O) groups is 1. The maximum atomic E-state index is 11.9. The lowest BCUT2D eigenvalue weighted by molar-refractivity contribution is -0.130. The lowest BCUT2D eigenvalue weighted by Crippen LogP contribution is -2.31. The van der Waals surface area contributed by atoms with Crippen molar-refractivity contribution in [2.75, 3.05) is 13.1 Å². The number of rotatable bonds is 5. The van der Waals surface area contributed by atoms with Gasteiger partial charge in [-0.3, -0.25) is 4.79 Å². The Bertz CT molecular complexity index is 367. The Kier molecular flexibility index (Phi) is 4.77. The normalized spacial score (nSPS) is 9.88. The van der Waals surface area contributed by atoms with E-state index in [0.29, 0.717) is 6.42 Å². The molecule has 16 heavy (non-hydrogen) atoms. The van der Waals surface area contributed by atoms with Gasteiger partial charge in [0.05, 0.1) is 6.42 Å². The minimum atomic E-state index is 0.186. The fourth-order valence-electron chi connectivity index (χ4n) is 1.69. The Hall–Kier alpha value is -1.57. The topological polar surface area (TPSA) is 20.3 Å². The van der Waals surface area contributed by atoms with Gasteiger partial charge in [-0.1, -0.05) is 36.9 Å². The highest BCUT2D eigenvalue weighted by Gasteiger charge is 2.09. The number of likely N-dealkylation sites (N-methyl/N-ethyl adjacent to an activating group) is 1. The largest absolute Gasteiger partial charge is 0.343 e. The van der Waals surface area contributed by atoms with Crippen LogP contribution in [0.2, 0.25) is 0 Å². The van der Waals surface area contributed by atoms with Crippen molar-refractivity contribution < 1.29 is 4.79 Å². The summed E-state index contributed by atoms with van der Waals surface area (Å²) in [5.74, 6) is 0.186. The Balaban J connectivity index is 2.72. The summed E-state index contributed by atoms with van der Waals surface area (Å²) in [6.45, 7) is 9.27. The predicted molar refractivity (Wildman–Crippen MR) is 68.2 cm³/mol. The van der Waals surface area contributed by atoms with Crippen LogP contribution in [0.1, 0.15) is 25.0 Å². The molecule has 0 radical (unpaired) electrons. The Labute approximate surface area is 97.6 Å². The van der Waals surface area contributed by atoms with Gasteiger partial charge >= 0.3 is 0 Å². The Morgan fingerprint density at radius 3 is 2.62 bits per heavy atom. The van der Waals surface area contributed by atoms with Gasteiger partial charge in [0.2, 0.25) is 5.91 Å². The molecule has 2 heteroatoms. The van der Waals surface area contributed by atoms with Gasteiger partial charge in [0, 0.05) is 13.1 Å². The first kappa shape index (κ1) is 12.5. The van der Waals surface area contributed by atoms with Crippen molar-refractivity contribution in [3.05, 3.63) is 42.0 Å². The third-order valence-electron chi connectivity index (χ3n) is 2.66. The molecule has 1 amide bonds. The van der Waals surface area contributed by atoms with E-state index in [-0.39, 0.29) is 5.91 Å². The highest BCUT2D eigenvalue weighted by molar-refractivity contribution is 5.78. The lowest BCUT2D eigenvalue weighted by atomic mass is 10.1. The van der Waals surface area contributed by atoms with Crippen LogP contribution in [0, 0.1) is 0 Å². The van der Waals surface area contributed by atoms with Crippen LogP contribution in [-0.2, 0) is 11.2 Å². The van der Waals surface area contributed by atoms with Gasteiger partial charge in [-0.05, 0) is 25.0 Å². The number of carbonyl (C=O) groups excluding carboxylic acids is 1. The lowest BCUT2D eigenvalue weighted by Gasteiger charge is -2.18. The van der Waals surface area contributed by atoms with E-state index in [2.05, 4.69) is 6.58 Å². The SMILES string of the molecule is C=Cc1cccc(CC(=O)N(CC)CC)c1. The smallest absolute Gasteiger partial charge is 0.226 e. The van der Waals surface area contributed by atoms with E-state index in [1.807, 2.05) is 43.0 Å². The molecule has 0 atom stereocenters. The maximum Gasteiger partial charge on any atom is 0.226 e. The van der Waals surface area contributed by atoms with Gasteiger partial charge in [-0.15, -0.1) is 0 Å². The Morgan fingerprint density at radius 2 is 2.06 bits per heavy atom. The monoisotopic (exact) mass is 217 g/mol. The van der Waals surface area contributed by atoms with E-state index < -0.39 is 0 Å². The molecule has 0 saturated heterocycles. The van der Waals surface area contributed by atoms with Crippen molar-refractivity contribution in [1.29, 1.82) is 0 Å². The standard InChI is InChI=1S/C14H19NO/c1-4-12-8-7-9-13(10-12)11-14(16)15(5-2)6-3/h4,7-10H,1,5-6,11H2,2-3H3. The van der Waals surface area contributed by atoms with Crippen molar-refractivity contribution >= 4 is 12.0 Å². The van der Waals surface area contributed by atoms with Crippen LogP contribution in [-0.4, -0.2) is 23.9 Å². The number of hydrogen-bond donors (Lipinski definition) is 0. The third kappa shape index (κ3) is 3.23. The van der Waals surface area contributed by atoms with Crippen LogP contribution in [0.25, 0.3) is 6.08 Å². The number of amides is 1. The van der Waals surface area contributed by atoms with Crippen LogP contribution >= 0.6 is 0 Å². The molecule has 0 aliphatic heterocycles. The first-order chi connectivity index (χ1) is 7.71. The molecule has 0 fully saturated rings. The van der Waals surface area contributed by atoms with Crippen molar-refractivity contribution in [1.82, 2.24) is 4.90 Å². The molecule has 1 aromatic rings. The molecule has 1 aromatic carbocycles. The fourth-order valence-corrected chi connectivity index (χ4v) is 1.69. The summed E-state index contributed by atoms with van der Waals surface area (Å²) in [4.78, 5) is 13.7. The zero-order valence-electron chi connectivity index (χ0n) is 10.1. The number of hydrogen-bond acceptors (Lipinski definition) is 1. The molecule has 0 N–H and O–H groups in total. The molecule has 0 heterocycles. The summed E-state index contributed by atoms with van der Waals surface area (Å²) in [5.41, 5.74) is 2.11. The zero-order chi connectivity index (χ0) is 12.0. The van der Waals surface area contributed by atoms with E-state index in [4.69, 9.17) is 0 Å². The zero-order valence-corrected chi connectivity index (χ0v) is 10.1. The van der Waals surface area contributed by atoms with Gasteiger partial charge < -0.3 is 4.90 Å². The molecular formula is C14H19NO. The molecule has 0 saturated carbocycles. The van der Waals surface area contributed by atoms with Crippen LogP contribution in [0.5, 0.6) is 0 Å². The molecule has 2 nitrogen and oxygen atoms in total. The number of nitrogens with zero attached hydrogens (tertiary/aromatic N) is 1. The second kappa shape index (κ2) is 6.11. The summed E-state index contributed by atoms with van der Waals surface area (Å²) in [6, 6.07) is 7.93. The van der Waals surface area contributed by atoms with E-state index >= 15 is 0 Å². The third-order valence-corrected chi connectivity index (χ3v) is 2.66. The van der Waals surface area contributed by atoms with E-state index in [1.54, 1.807) is 6.08 Å². The van der Waals surface area contributed by atoms with Crippen molar-refractivity contribution in [2.45, 2.75) is 20.3 Å². The fraction of sp³-hybridized carbons (Fsp3) is 0.357. The van der Waals surface area contributed by atoms with E-state index in [1.165, 1.54) is 0 Å². The molecule has 0 unspecified atom stereocenters. The summed E-state index contributed by atoms with van der Waals surface area (Å²) < 4.78 is 0. The van der Waals surface area contributed by atoms with Crippen LogP contribution in [0.4, 0.5) is 0 Å².